The van der Waals surface area contributed by atoms with Gasteiger partial charge < -0.3 is 34.9 Å². The molecule has 0 bridgehead atoms. The van der Waals surface area contributed by atoms with Crippen molar-refractivity contribution in [3.05, 3.63) is 52.4 Å². The minimum absolute atomic E-state index is 0.0553. The monoisotopic (exact) mass is 534 g/mol. The van der Waals surface area contributed by atoms with Crippen LogP contribution in [0.5, 0.6) is 5.75 Å². The molecule has 0 heterocycles. The molecule has 1 rings (SSSR count). The van der Waals surface area contributed by atoms with Crippen LogP contribution in [-0.4, -0.2) is 83.4 Å². The first kappa shape index (κ1) is 32.9. The number of benzene rings is 1. The summed E-state index contributed by atoms with van der Waals surface area (Å²) in [6.07, 6.45) is 3.10. The summed E-state index contributed by atoms with van der Waals surface area (Å²) >= 11 is 0. The van der Waals surface area contributed by atoms with E-state index < -0.39 is 6.23 Å². The normalized spacial score (nSPS) is 11.9. The third-order valence-electron chi connectivity index (χ3n) is 4.71. The molecule has 212 valence electrons. The van der Waals surface area contributed by atoms with Gasteiger partial charge in [-0.25, -0.2) is 0 Å². The van der Waals surface area contributed by atoms with Crippen molar-refractivity contribution in [2.24, 2.45) is 11.0 Å². The van der Waals surface area contributed by atoms with E-state index in [0.717, 1.165) is 0 Å². The van der Waals surface area contributed by atoms with Crippen molar-refractivity contribution in [3.8, 4) is 5.75 Å². The number of hydrogen-bond acceptors (Lipinski definition) is 8. The predicted molar refractivity (Wildman–Crippen MR) is 145 cm³/mol. The zero-order valence-corrected chi connectivity index (χ0v) is 22.9. The molecular weight excluding hydrogens is 492 g/mol. The van der Waals surface area contributed by atoms with Gasteiger partial charge in [0.25, 0.3) is 5.91 Å². The minimum atomic E-state index is -0.904. The quantitative estimate of drug-likeness (QED) is 0.0720. The van der Waals surface area contributed by atoms with Gasteiger partial charge in [-0.1, -0.05) is 51.0 Å². The van der Waals surface area contributed by atoms with E-state index in [1.165, 1.54) is 0 Å². The van der Waals surface area contributed by atoms with Gasteiger partial charge in [-0.05, 0) is 29.6 Å². The molecule has 1 atom stereocenters. The van der Waals surface area contributed by atoms with Crippen LogP contribution in [0.4, 0.5) is 0 Å². The summed E-state index contributed by atoms with van der Waals surface area (Å²) in [4.78, 5) is 26.9. The van der Waals surface area contributed by atoms with Gasteiger partial charge >= 0.3 is 0 Å². The number of carbonyl (C=O) groups is 2. The lowest BCUT2D eigenvalue weighted by Crippen LogP contribution is -2.34. The smallest absolute Gasteiger partial charge is 0.251 e. The van der Waals surface area contributed by atoms with E-state index >= 15 is 0 Å². The molecule has 0 radical (unpaired) electrons. The van der Waals surface area contributed by atoms with Crippen LogP contribution < -0.4 is 20.7 Å². The van der Waals surface area contributed by atoms with Crippen LogP contribution in [0.3, 0.4) is 0 Å². The number of allylic oxidation sites excluding steroid dienone is 1. The summed E-state index contributed by atoms with van der Waals surface area (Å²) in [7, 11) is 0. The Morgan fingerprint density at radius 1 is 1.05 bits per heavy atom. The van der Waals surface area contributed by atoms with Crippen LogP contribution >= 0.6 is 0 Å². The topological polar surface area (TPSA) is 156 Å². The van der Waals surface area contributed by atoms with Crippen LogP contribution in [0.25, 0.3) is 10.4 Å². The molecule has 12 heteroatoms. The fourth-order valence-corrected chi connectivity index (χ4v) is 2.91. The maximum Gasteiger partial charge on any atom is 0.251 e. The maximum atomic E-state index is 12.3. The summed E-state index contributed by atoms with van der Waals surface area (Å²) in [6.45, 7) is 10.8. The molecule has 0 spiro atoms. The van der Waals surface area contributed by atoms with Crippen LogP contribution in [0.1, 0.15) is 38.1 Å². The largest absolute Gasteiger partial charge is 0.491 e. The van der Waals surface area contributed by atoms with Gasteiger partial charge in [-0.3, -0.25) is 9.59 Å². The zero-order valence-electron chi connectivity index (χ0n) is 22.9. The fraction of sp³-hybridized carbons (Fsp3) is 0.615. The molecule has 0 saturated heterocycles. The van der Waals surface area contributed by atoms with Crippen LogP contribution in [0, 0.1) is 5.92 Å². The molecule has 0 aliphatic heterocycles. The molecule has 1 aromatic rings. The second kappa shape index (κ2) is 20.9. The number of amides is 2. The third kappa shape index (κ3) is 17.3. The number of azide groups is 1. The lowest BCUT2D eigenvalue weighted by atomic mass is 10.2. The Morgan fingerprint density at radius 2 is 1.87 bits per heavy atom. The lowest BCUT2D eigenvalue weighted by molar-refractivity contribution is -0.126. The standard InChI is InChI=1S/C26H42N6O6/c1-20(2)7-6-13-35-14-12-29-24(33)18-36-15-16-37-25(31-32-27)19-38-23-9-5-8-22(17-23)26(34)30-11-10-28-21(3)4/h5-9,17,20-21,25,28H,10-16,18-19H2,1-4H3,(H,29,33)(H,30,34)/b7-6+. The van der Waals surface area contributed by atoms with Gasteiger partial charge in [0.15, 0.2) is 6.23 Å². The van der Waals surface area contributed by atoms with Gasteiger partial charge in [0.05, 0.1) is 26.4 Å². The van der Waals surface area contributed by atoms with E-state index in [1.54, 1.807) is 24.3 Å². The highest BCUT2D eigenvalue weighted by Gasteiger charge is 2.11. The molecule has 2 amide bonds. The highest BCUT2D eigenvalue weighted by atomic mass is 16.6. The Kier molecular flexibility index (Phi) is 18.0. The summed E-state index contributed by atoms with van der Waals surface area (Å²) in [5.41, 5.74) is 9.26. The van der Waals surface area contributed by atoms with E-state index in [2.05, 4.69) is 45.9 Å². The van der Waals surface area contributed by atoms with Crippen molar-refractivity contribution >= 4 is 11.8 Å². The van der Waals surface area contributed by atoms with E-state index in [9.17, 15) is 9.59 Å². The minimum Gasteiger partial charge on any atom is -0.491 e. The third-order valence-corrected chi connectivity index (χ3v) is 4.71. The number of ether oxygens (including phenoxy) is 4. The SMILES string of the molecule is CC(C)/C=C/COCCNC(=O)COCCOC(COc1cccc(C(=O)NCCNC(C)C)c1)N=[N+]=[N-]. The Labute approximate surface area is 225 Å². The van der Waals surface area contributed by atoms with E-state index in [-0.39, 0.29) is 38.2 Å². The second-order valence-corrected chi connectivity index (χ2v) is 8.88. The van der Waals surface area contributed by atoms with Gasteiger partial charge in [-0.15, -0.1) is 0 Å². The van der Waals surface area contributed by atoms with Crippen molar-refractivity contribution in [3.63, 3.8) is 0 Å². The fourth-order valence-electron chi connectivity index (χ4n) is 2.91. The molecule has 0 aliphatic rings. The zero-order chi connectivity index (χ0) is 28.0. The van der Waals surface area contributed by atoms with Gasteiger partial charge in [0.1, 0.15) is 19.0 Å². The van der Waals surface area contributed by atoms with Gasteiger partial charge in [0.2, 0.25) is 5.91 Å². The molecule has 1 unspecified atom stereocenters. The first-order chi connectivity index (χ1) is 18.3. The van der Waals surface area contributed by atoms with Crippen LogP contribution in [-0.2, 0) is 19.0 Å². The molecule has 12 nitrogen and oxygen atoms in total. The van der Waals surface area contributed by atoms with E-state index in [4.69, 9.17) is 24.5 Å². The molecule has 0 aromatic heterocycles. The average molecular weight is 535 g/mol. The summed E-state index contributed by atoms with van der Waals surface area (Å²) in [5.74, 6) is 0.443. The number of hydrogen-bond donors (Lipinski definition) is 3. The van der Waals surface area contributed by atoms with E-state index in [0.29, 0.717) is 56.1 Å². The average Bonchev–Trinajstić information content (AvgIpc) is 2.88. The number of rotatable bonds is 21. The second-order valence-electron chi connectivity index (χ2n) is 8.88. The summed E-state index contributed by atoms with van der Waals surface area (Å²) in [6, 6.07) is 7.03. The predicted octanol–water partition coefficient (Wildman–Crippen LogP) is 2.81. The molecule has 0 aliphatic carbocycles. The van der Waals surface area contributed by atoms with Gasteiger partial charge in [0, 0.05) is 36.2 Å². The van der Waals surface area contributed by atoms with Crippen LogP contribution in [0.2, 0.25) is 0 Å². The van der Waals surface area contributed by atoms with E-state index in [1.807, 2.05) is 19.9 Å². The number of nitrogens with zero attached hydrogens (tertiary/aromatic N) is 3. The molecule has 0 fully saturated rings. The van der Waals surface area contributed by atoms with Crippen molar-refractivity contribution in [2.45, 2.75) is 40.0 Å². The molecular formula is C26H42N6O6. The van der Waals surface area contributed by atoms with Crippen LogP contribution in [0.15, 0.2) is 41.5 Å². The molecule has 3 N–H and O–H groups in total. The van der Waals surface area contributed by atoms with Crippen molar-refractivity contribution in [1.29, 1.82) is 0 Å². The Balaban J connectivity index is 2.26. The first-order valence-corrected chi connectivity index (χ1v) is 12.8. The Bertz CT molecular complexity index is 889. The lowest BCUT2D eigenvalue weighted by Gasteiger charge is -2.15. The van der Waals surface area contributed by atoms with Crippen molar-refractivity contribution in [1.82, 2.24) is 16.0 Å². The molecule has 0 saturated carbocycles. The highest BCUT2D eigenvalue weighted by molar-refractivity contribution is 5.94. The summed E-state index contributed by atoms with van der Waals surface area (Å²) in [5, 5.41) is 12.3. The Morgan fingerprint density at radius 3 is 2.61 bits per heavy atom. The Hall–Kier alpha value is -3.15. The number of carbonyl (C=O) groups excluding carboxylic acids is 2. The molecule has 1 aromatic carbocycles. The van der Waals surface area contributed by atoms with Crippen molar-refractivity contribution in [2.75, 3.05) is 59.3 Å². The first-order valence-electron chi connectivity index (χ1n) is 12.8. The summed E-state index contributed by atoms with van der Waals surface area (Å²) < 4.78 is 21.8. The van der Waals surface area contributed by atoms with Gasteiger partial charge in [-0.2, -0.15) is 0 Å². The maximum absolute atomic E-state index is 12.3. The van der Waals surface area contributed by atoms with Crippen molar-refractivity contribution < 1.29 is 28.5 Å². The number of nitrogens with one attached hydrogen (secondary N) is 3. The highest BCUT2D eigenvalue weighted by Crippen LogP contribution is 2.14. The molecule has 38 heavy (non-hydrogen) atoms.